The molecule has 0 N–H and O–H groups in total. The van der Waals surface area contributed by atoms with Crippen molar-refractivity contribution in [1.29, 1.82) is 0 Å². The molecule has 31 heavy (non-hydrogen) atoms. The fraction of sp³-hybridized carbons (Fsp3) is 0.0800. The zero-order valence-electron chi connectivity index (χ0n) is 16.9. The summed E-state index contributed by atoms with van der Waals surface area (Å²) in [5.41, 5.74) is 3.99. The molecule has 1 heterocycles. The van der Waals surface area contributed by atoms with Crippen molar-refractivity contribution < 1.29 is 19.1 Å². The Bertz CT molecular complexity index is 1230. The van der Waals surface area contributed by atoms with E-state index in [0.717, 1.165) is 11.1 Å². The Labute approximate surface area is 184 Å². The monoisotopic (exact) mass is 431 g/mol. The van der Waals surface area contributed by atoms with Crippen LogP contribution in [0.4, 0.5) is 0 Å². The van der Waals surface area contributed by atoms with Crippen molar-refractivity contribution >= 4 is 35.5 Å². The summed E-state index contributed by atoms with van der Waals surface area (Å²) in [7, 11) is 0. The molecule has 0 aliphatic carbocycles. The number of esters is 2. The highest BCUT2D eigenvalue weighted by Gasteiger charge is 2.24. The highest BCUT2D eigenvalue weighted by atomic mass is 35.5. The van der Waals surface area contributed by atoms with Gasteiger partial charge >= 0.3 is 11.9 Å². The largest absolute Gasteiger partial charge is 0.423 e. The fourth-order valence-corrected chi connectivity index (χ4v) is 3.08. The molecule has 0 aromatic heterocycles. The van der Waals surface area contributed by atoms with Crippen LogP contribution in [0, 0.1) is 13.8 Å². The SMILES string of the molecule is Cc1ccc(C(=O)Oc2ccc(/C=C3\N=C(c4ccc(C)c(Cl)c4)OC3=O)cc2)cc1. The van der Waals surface area contributed by atoms with Crippen LogP contribution in [0.5, 0.6) is 5.75 Å². The van der Waals surface area contributed by atoms with Crippen molar-refractivity contribution in [3.63, 3.8) is 0 Å². The molecule has 0 amide bonds. The summed E-state index contributed by atoms with van der Waals surface area (Å²) < 4.78 is 10.7. The van der Waals surface area contributed by atoms with Crippen LogP contribution < -0.4 is 4.74 Å². The van der Waals surface area contributed by atoms with Crippen molar-refractivity contribution in [2.45, 2.75) is 13.8 Å². The van der Waals surface area contributed by atoms with Gasteiger partial charge in [-0.2, -0.15) is 0 Å². The Morgan fingerprint density at radius 2 is 1.71 bits per heavy atom. The third-order valence-electron chi connectivity index (χ3n) is 4.72. The third kappa shape index (κ3) is 4.73. The van der Waals surface area contributed by atoms with Gasteiger partial charge in [-0.1, -0.05) is 47.5 Å². The van der Waals surface area contributed by atoms with Crippen LogP contribution >= 0.6 is 11.6 Å². The van der Waals surface area contributed by atoms with Crippen molar-refractivity contribution in [2.24, 2.45) is 4.99 Å². The Morgan fingerprint density at radius 1 is 1.00 bits per heavy atom. The lowest BCUT2D eigenvalue weighted by Gasteiger charge is -2.05. The van der Waals surface area contributed by atoms with Crippen LogP contribution in [0.25, 0.3) is 6.08 Å². The third-order valence-corrected chi connectivity index (χ3v) is 5.13. The quantitative estimate of drug-likeness (QED) is 0.310. The lowest BCUT2D eigenvalue weighted by molar-refractivity contribution is -0.129. The number of aryl methyl sites for hydroxylation is 2. The summed E-state index contributed by atoms with van der Waals surface area (Å²) in [5.74, 6) is -0.361. The summed E-state index contributed by atoms with van der Waals surface area (Å²) in [6, 6.07) is 19.3. The highest BCUT2D eigenvalue weighted by molar-refractivity contribution is 6.31. The van der Waals surface area contributed by atoms with E-state index in [-0.39, 0.29) is 11.6 Å². The van der Waals surface area contributed by atoms with E-state index in [0.29, 0.717) is 27.5 Å². The number of ether oxygens (including phenoxy) is 2. The van der Waals surface area contributed by atoms with E-state index < -0.39 is 11.9 Å². The van der Waals surface area contributed by atoms with E-state index in [9.17, 15) is 9.59 Å². The molecular weight excluding hydrogens is 414 g/mol. The molecule has 154 valence electrons. The van der Waals surface area contributed by atoms with Gasteiger partial charge in [0.2, 0.25) is 5.90 Å². The van der Waals surface area contributed by atoms with Crippen LogP contribution in [0.2, 0.25) is 5.02 Å². The number of hydrogen-bond donors (Lipinski definition) is 0. The molecule has 1 aliphatic heterocycles. The molecule has 0 bridgehead atoms. The summed E-state index contributed by atoms with van der Waals surface area (Å²) in [5, 5.41) is 0.574. The number of nitrogens with zero attached hydrogens (tertiary/aromatic N) is 1. The molecule has 1 aliphatic rings. The molecule has 0 saturated heterocycles. The number of hydrogen-bond acceptors (Lipinski definition) is 5. The molecule has 3 aromatic rings. The van der Waals surface area contributed by atoms with Gasteiger partial charge in [0.15, 0.2) is 5.70 Å². The van der Waals surface area contributed by atoms with Gasteiger partial charge in [0.25, 0.3) is 0 Å². The maximum Gasteiger partial charge on any atom is 0.363 e. The Balaban J connectivity index is 1.49. The number of rotatable bonds is 4. The maximum absolute atomic E-state index is 12.2. The second kappa shape index (κ2) is 8.58. The minimum atomic E-state index is -0.540. The molecule has 0 unspecified atom stereocenters. The van der Waals surface area contributed by atoms with Crippen LogP contribution in [0.15, 0.2) is 77.4 Å². The van der Waals surface area contributed by atoms with E-state index in [1.807, 2.05) is 32.0 Å². The molecule has 5 nitrogen and oxygen atoms in total. The molecule has 6 heteroatoms. The Hall–Kier alpha value is -3.70. The topological polar surface area (TPSA) is 65.0 Å². The summed E-state index contributed by atoms with van der Waals surface area (Å²) in [6.07, 6.45) is 1.61. The highest BCUT2D eigenvalue weighted by Crippen LogP contribution is 2.23. The van der Waals surface area contributed by atoms with Crippen molar-refractivity contribution in [3.05, 3.63) is 105 Å². The maximum atomic E-state index is 12.2. The molecule has 3 aromatic carbocycles. The van der Waals surface area contributed by atoms with E-state index in [4.69, 9.17) is 21.1 Å². The second-order valence-corrected chi connectivity index (χ2v) is 7.53. The van der Waals surface area contributed by atoms with E-state index >= 15 is 0 Å². The number of aliphatic imine (C=N–C) groups is 1. The number of cyclic esters (lactones) is 1. The van der Waals surface area contributed by atoms with Crippen molar-refractivity contribution in [2.75, 3.05) is 0 Å². The first-order valence-electron chi connectivity index (χ1n) is 9.57. The molecule has 0 radical (unpaired) electrons. The minimum Gasteiger partial charge on any atom is -0.423 e. The van der Waals surface area contributed by atoms with E-state index in [1.54, 1.807) is 54.6 Å². The van der Waals surface area contributed by atoms with Crippen LogP contribution in [0.3, 0.4) is 0 Å². The Kier molecular flexibility index (Phi) is 5.69. The number of halogens is 1. The zero-order valence-corrected chi connectivity index (χ0v) is 17.6. The molecule has 0 saturated carbocycles. The van der Waals surface area contributed by atoms with Gasteiger partial charge < -0.3 is 9.47 Å². The normalized spacial score (nSPS) is 14.4. The predicted octanol–water partition coefficient (Wildman–Crippen LogP) is 5.52. The van der Waals surface area contributed by atoms with Gasteiger partial charge in [0, 0.05) is 10.6 Å². The number of benzene rings is 3. The number of carbonyl (C=O) groups excluding carboxylic acids is 2. The average Bonchev–Trinajstić information content (AvgIpc) is 3.12. The second-order valence-electron chi connectivity index (χ2n) is 7.12. The fourth-order valence-electron chi connectivity index (χ4n) is 2.90. The standard InChI is InChI=1S/C25H18ClNO4/c1-15-3-8-18(9-4-15)24(28)30-20-11-6-17(7-12-20)13-22-25(29)31-23(27-22)19-10-5-16(2)21(26)14-19/h3-14H,1-2H3/b22-13-. The van der Waals surface area contributed by atoms with Crippen molar-refractivity contribution in [3.8, 4) is 5.75 Å². The molecule has 4 rings (SSSR count). The molecular formula is C25H18ClNO4. The van der Waals surface area contributed by atoms with E-state index in [1.165, 1.54) is 0 Å². The first-order valence-corrected chi connectivity index (χ1v) is 9.95. The lowest BCUT2D eigenvalue weighted by Crippen LogP contribution is -2.08. The minimum absolute atomic E-state index is 0.177. The van der Waals surface area contributed by atoms with Crippen LogP contribution in [-0.2, 0) is 9.53 Å². The molecule has 0 atom stereocenters. The van der Waals surface area contributed by atoms with Crippen LogP contribution in [-0.4, -0.2) is 17.8 Å². The summed E-state index contributed by atoms with van der Waals surface area (Å²) >= 11 is 6.15. The van der Waals surface area contributed by atoms with Crippen molar-refractivity contribution in [1.82, 2.24) is 0 Å². The van der Waals surface area contributed by atoms with Gasteiger partial charge in [-0.15, -0.1) is 0 Å². The Morgan fingerprint density at radius 3 is 2.39 bits per heavy atom. The van der Waals surface area contributed by atoms with Crippen LogP contribution in [0.1, 0.15) is 32.6 Å². The first-order chi connectivity index (χ1) is 14.9. The molecule has 0 spiro atoms. The molecule has 0 fully saturated rings. The van der Waals surface area contributed by atoms with E-state index in [2.05, 4.69) is 4.99 Å². The van der Waals surface area contributed by atoms with Gasteiger partial charge in [-0.25, -0.2) is 14.6 Å². The lowest BCUT2D eigenvalue weighted by atomic mass is 10.1. The smallest absolute Gasteiger partial charge is 0.363 e. The summed E-state index contributed by atoms with van der Waals surface area (Å²) in [4.78, 5) is 28.7. The predicted molar refractivity (Wildman–Crippen MR) is 119 cm³/mol. The zero-order chi connectivity index (χ0) is 22.0. The van der Waals surface area contributed by atoms with Gasteiger partial charge in [0.1, 0.15) is 5.75 Å². The van der Waals surface area contributed by atoms with Gasteiger partial charge in [0.05, 0.1) is 5.56 Å². The first kappa shape index (κ1) is 20.6. The van der Waals surface area contributed by atoms with Gasteiger partial charge in [-0.3, -0.25) is 0 Å². The number of carbonyl (C=O) groups is 2. The summed E-state index contributed by atoms with van der Waals surface area (Å²) in [6.45, 7) is 3.84. The van der Waals surface area contributed by atoms with Gasteiger partial charge in [-0.05, 0) is 67.4 Å². The average molecular weight is 432 g/mol.